The molecule has 0 radical (unpaired) electrons. The van der Waals surface area contributed by atoms with Gasteiger partial charge in [-0.1, -0.05) is 37.3 Å². The van der Waals surface area contributed by atoms with E-state index in [2.05, 4.69) is 57.3 Å². The molecule has 0 saturated carbocycles. The monoisotopic (exact) mass is 380 g/mol. The molecule has 3 saturated heterocycles. The first-order chi connectivity index (χ1) is 13.7. The zero-order valence-corrected chi connectivity index (χ0v) is 17.2. The number of rotatable bonds is 6. The van der Waals surface area contributed by atoms with Gasteiger partial charge in [0, 0.05) is 36.9 Å². The number of aromatic amines is 1. The molecule has 1 amide bonds. The molecule has 28 heavy (non-hydrogen) atoms. The normalized spacial score (nSPS) is 22.4. The molecule has 1 aromatic carbocycles. The molecule has 5 nitrogen and oxygen atoms in total. The van der Waals surface area contributed by atoms with Gasteiger partial charge < -0.3 is 9.80 Å². The van der Waals surface area contributed by atoms with Crippen molar-refractivity contribution in [1.82, 2.24) is 20.0 Å². The van der Waals surface area contributed by atoms with Gasteiger partial charge in [0.2, 0.25) is 0 Å². The second kappa shape index (κ2) is 8.48. The van der Waals surface area contributed by atoms with Crippen molar-refractivity contribution in [2.75, 3.05) is 26.2 Å². The van der Waals surface area contributed by atoms with Crippen LogP contribution in [0.1, 0.15) is 53.5 Å². The molecule has 1 aromatic heterocycles. The molecule has 2 atom stereocenters. The Morgan fingerprint density at radius 2 is 2.00 bits per heavy atom. The number of benzene rings is 1. The summed E-state index contributed by atoms with van der Waals surface area (Å²) in [7, 11) is 0. The van der Waals surface area contributed by atoms with Crippen LogP contribution in [0.25, 0.3) is 0 Å². The van der Waals surface area contributed by atoms with E-state index in [9.17, 15) is 4.79 Å². The third kappa shape index (κ3) is 4.00. The fourth-order valence-corrected chi connectivity index (χ4v) is 4.88. The van der Waals surface area contributed by atoms with Crippen LogP contribution in [-0.2, 0) is 12.8 Å². The highest BCUT2D eigenvalue weighted by molar-refractivity contribution is 5.94. The van der Waals surface area contributed by atoms with Crippen molar-refractivity contribution in [3.8, 4) is 0 Å². The van der Waals surface area contributed by atoms with Crippen molar-refractivity contribution in [2.45, 2.75) is 52.0 Å². The Balaban J connectivity index is 1.39. The van der Waals surface area contributed by atoms with Crippen LogP contribution >= 0.6 is 0 Å². The predicted octanol–water partition coefficient (Wildman–Crippen LogP) is 3.45. The number of aromatic nitrogens is 2. The molecule has 0 aliphatic carbocycles. The Labute approximate surface area is 168 Å². The molecule has 2 aromatic rings. The highest BCUT2D eigenvalue weighted by Crippen LogP contribution is 2.30. The number of carbonyl (C=O) groups is 1. The third-order valence-electron chi connectivity index (χ3n) is 6.50. The second-order valence-electron chi connectivity index (χ2n) is 8.43. The summed E-state index contributed by atoms with van der Waals surface area (Å²) in [4.78, 5) is 17.9. The summed E-state index contributed by atoms with van der Waals surface area (Å²) in [6.07, 6.45) is 5.55. The smallest absolute Gasteiger partial charge is 0.274 e. The molecule has 5 rings (SSSR count). The Morgan fingerprint density at radius 1 is 1.18 bits per heavy atom. The lowest BCUT2D eigenvalue weighted by Crippen LogP contribution is -2.47. The highest BCUT2D eigenvalue weighted by Gasteiger charge is 2.38. The summed E-state index contributed by atoms with van der Waals surface area (Å²) in [5, 5.41) is 7.40. The first-order valence-electron chi connectivity index (χ1n) is 10.8. The third-order valence-corrected chi connectivity index (χ3v) is 6.50. The number of aryl methyl sites for hydroxylation is 2. The number of piperidine rings is 1. The first-order valence-corrected chi connectivity index (χ1v) is 10.8. The van der Waals surface area contributed by atoms with Crippen LogP contribution in [0.5, 0.6) is 0 Å². The number of nitrogens with zero attached hydrogens (tertiary/aromatic N) is 3. The first kappa shape index (κ1) is 19.2. The van der Waals surface area contributed by atoms with Crippen molar-refractivity contribution < 1.29 is 4.79 Å². The van der Waals surface area contributed by atoms with E-state index in [-0.39, 0.29) is 5.91 Å². The summed E-state index contributed by atoms with van der Waals surface area (Å²) in [6, 6.07) is 11.1. The lowest BCUT2D eigenvalue weighted by Gasteiger charge is -2.36. The lowest BCUT2D eigenvalue weighted by atomic mass is 9.94. The van der Waals surface area contributed by atoms with Crippen LogP contribution in [-0.4, -0.2) is 58.1 Å². The van der Waals surface area contributed by atoms with Gasteiger partial charge in [-0.05, 0) is 57.1 Å². The Morgan fingerprint density at radius 3 is 2.75 bits per heavy atom. The van der Waals surface area contributed by atoms with Crippen molar-refractivity contribution in [2.24, 2.45) is 5.92 Å². The molecule has 150 valence electrons. The fourth-order valence-electron chi connectivity index (χ4n) is 4.88. The zero-order chi connectivity index (χ0) is 19.5. The van der Waals surface area contributed by atoms with Crippen LogP contribution in [0.15, 0.2) is 30.3 Å². The molecular weight excluding hydrogens is 348 g/mol. The summed E-state index contributed by atoms with van der Waals surface area (Å²) >= 11 is 0. The molecule has 2 bridgehead atoms. The number of H-pyrrole nitrogens is 1. The van der Waals surface area contributed by atoms with E-state index in [1.165, 1.54) is 18.4 Å². The van der Waals surface area contributed by atoms with E-state index in [1.807, 2.05) is 6.92 Å². The minimum Gasteiger partial charge on any atom is -0.333 e. The zero-order valence-electron chi connectivity index (χ0n) is 17.2. The van der Waals surface area contributed by atoms with E-state index < -0.39 is 0 Å². The Kier molecular flexibility index (Phi) is 5.81. The largest absolute Gasteiger partial charge is 0.333 e. The molecule has 5 heteroatoms. The van der Waals surface area contributed by atoms with Crippen molar-refractivity contribution in [3.05, 3.63) is 52.8 Å². The number of amides is 1. The summed E-state index contributed by atoms with van der Waals surface area (Å²) in [6.45, 7) is 8.23. The van der Waals surface area contributed by atoms with E-state index in [0.29, 0.717) is 17.7 Å². The number of hydrogen-bond acceptors (Lipinski definition) is 3. The van der Waals surface area contributed by atoms with Crippen molar-refractivity contribution in [1.29, 1.82) is 0 Å². The Hall–Kier alpha value is -2.14. The minimum atomic E-state index is 0.120. The van der Waals surface area contributed by atoms with Crippen molar-refractivity contribution >= 4 is 5.91 Å². The van der Waals surface area contributed by atoms with E-state index in [1.54, 1.807) is 0 Å². The lowest BCUT2D eigenvalue weighted by molar-refractivity contribution is 0.0578. The van der Waals surface area contributed by atoms with Gasteiger partial charge in [-0.15, -0.1) is 0 Å². The van der Waals surface area contributed by atoms with Gasteiger partial charge in [0.25, 0.3) is 5.91 Å². The highest BCUT2D eigenvalue weighted by atomic mass is 16.2. The van der Waals surface area contributed by atoms with E-state index in [0.717, 1.165) is 56.7 Å². The molecule has 0 spiro atoms. The summed E-state index contributed by atoms with van der Waals surface area (Å²) in [5.41, 5.74) is 4.14. The van der Waals surface area contributed by atoms with Gasteiger partial charge in [0.15, 0.2) is 5.69 Å². The number of nitrogens with one attached hydrogen (secondary N) is 1. The van der Waals surface area contributed by atoms with Crippen LogP contribution in [0.2, 0.25) is 0 Å². The SMILES string of the molecule is CCc1[nH]nc(C(=O)N2C[C@H]3CC[C@@H]2CN(CCCc2ccccc2)C3)c1C. The maximum Gasteiger partial charge on any atom is 0.274 e. The van der Waals surface area contributed by atoms with Gasteiger partial charge >= 0.3 is 0 Å². The van der Waals surface area contributed by atoms with E-state index in [4.69, 9.17) is 0 Å². The molecule has 3 fully saturated rings. The topological polar surface area (TPSA) is 52.2 Å². The van der Waals surface area contributed by atoms with Crippen LogP contribution in [0, 0.1) is 12.8 Å². The molecule has 3 aliphatic rings. The van der Waals surface area contributed by atoms with Crippen molar-refractivity contribution in [3.63, 3.8) is 0 Å². The summed E-state index contributed by atoms with van der Waals surface area (Å²) < 4.78 is 0. The van der Waals surface area contributed by atoms with Gasteiger partial charge in [-0.3, -0.25) is 9.89 Å². The summed E-state index contributed by atoms with van der Waals surface area (Å²) in [5.74, 6) is 0.707. The number of fused-ring (bicyclic) bond motifs is 4. The quantitative estimate of drug-likeness (QED) is 0.835. The maximum absolute atomic E-state index is 13.2. The second-order valence-corrected chi connectivity index (χ2v) is 8.43. The van der Waals surface area contributed by atoms with Crippen LogP contribution in [0.4, 0.5) is 0 Å². The standard InChI is InChI=1S/C23H32N4O/c1-3-21-17(2)22(25-24-21)23(28)27-15-19-11-12-20(27)16-26(14-19)13-7-10-18-8-5-4-6-9-18/h4-6,8-9,19-20H,3,7,10-16H2,1-2H3,(H,24,25)/t19-,20+/m0/s1. The number of carbonyl (C=O) groups excluding carboxylic acids is 1. The van der Waals surface area contributed by atoms with Gasteiger partial charge in [0.05, 0.1) is 0 Å². The average molecular weight is 381 g/mol. The predicted molar refractivity (Wildman–Crippen MR) is 111 cm³/mol. The molecular formula is C23H32N4O. The average Bonchev–Trinajstić information content (AvgIpc) is 2.88. The van der Waals surface area contributed by atoms with Crippen LogP contribution in [0.3, 0.4) is 0 Å². The number of hydrogen-bond donors (Lipinski definition) is 1. The molecule has 0 unspecified atom stereocenters. The molecule has 1 N–H and O–H groups in total. The molecule has 4 heterocycles. The fraction of sp³-hybridized carbons (Fsp3) is 0.565. The van der Waals surface area contributed by atoms with E-state index >= 15 is 0 Å². The molecule has 3 aliphatic heterocycles. The maximum atomic E-state index is 13.2. The van der Waals surface area contributed by atoms with Gasteiger partial charge in [0.1, 0.15) is 0 Å². The minimum absolute atomic E-state index is 0.120. The van der Waals surface area contributed by atoms with Gasteiger partial charge in [-0.25, -0.2) is 0 Å². The Bertz CT molecular complexity index is 800. The van der Waals surface area contributed by atoms with Gasteiger partial charge in [-0.2, -0.15) is 5.10 Å². The van der Waals surface area contributed by atoms with Crippen LogP contribution < -0.4 is 0 Å².